The molecule has 22 heavy (non-hydrogen) atoms. The van der Waals surface area contributed by atoms with Crippen LogP contribution < -0.4 is 5.73 Å². The Labute approximate surface area is 133 Å². The van der Waals surface area contributed by atoms with Crippen LogP contribution in [0.1, 0.15) is 43.3 Å². The second-order valence-electron chi connectivity index (χ2n) is 5.64. The van der Waals surface area contributed by atoms with Crippen LogP contribution in [0.3, 0.4) is 0 Å². The molecule has 2 aromatic rings. The van der Waals surface area contributed by atoms with Crippen LogP contribution in [0.5, 0.6) is 0 Å². The standard InChI is InChI=1S/C17H18N2O2S/c1-11-2-9-15(22-11)17(21)19(14-7-8-14)10-12-3-5-13(6-4-12)16(18)20/h2-6,9,14H,7-8,10H2,1H3,(H2,18,20). The van der Waals surface area contributed by atoms with E-state index in [1.165, 1.54) is 11.3 Å². The Morgan fingerprint density at radius 1 is 1.18 bits per heavy atom. The lowest BCUT2D eigenvalue weighted by molar-refractivity contribution is 0.0734. The van der Waals surface area contributed by atoms with Gasteiger partial charge in [-0.3, -0.25) is 9.59 Å². The zero-order chi connectivity index (χ0) is 15.7. The highest BCUT2D eigenvalue weighted by Gasteiger charge is 2.33. The highest BCUT2D eigenvalue weighted by Crippen LogP contribution is 2.31. The van der Waals surface area contributed by atoms with E-state index < -0.39 is 5.91 Å². The summed E-state index contributed by atoms with van der Waals surface area (Å²) >= 11 is 1.53. The molecule has 1 aromatic heterocycles. The molecule has 0 radical (unpaired) electrons. The molecule has 4 nitrogen and oxygen atoms in total. The van der Waals surface area contributed by atoms with E-state index in [0.717, 1.165) is 28.2 Å². The van der Waals surface area contributed by atoms with Crippen molar-refractivity contribution in [3.8, 4) is 0 Å². The summed E-state index contributed by atoms with van der Waals surface area (Å²) < 4.78 is 0. The van der Waals surface area contributed by atoms with Crippen LogP contribution in [-0.2, 0) is 6.54 Å². The van der Waals surface area contributed by atoms with Crippen LogP contribution in [0.2, 0.25) is 0 Å². The quantitative estimate of drug-likeness (QED) is 0.922. The number of aryl methyl sites for hydroxylation is 1. The number of primary amides is 1. The number of benzene rings is 1. The van der Waals surface area contributed by atoms with Crippen molar-refractivity contribution in [2.75, 3.05) is 0 Å². The normalized spacial score (nSPS) is 13.9. The topological polar surface area (TPSA) is 63.4 Å². The van der Waals surface area contributed by atoms with E-state index in [9.17, 15) is 9.59 Å². The van der Waals surface area contributed by atoms with Crippen molar-refractivity contribution in [1.82, 2.24) is 4.90 Å². The van der Waals surface area contributed by atoms with Crippen molar-refractivity contribution in [1.29, 1.82) is 0 Å². The lowest BCUT2D eigenvalue weighted by Crippen LogP contribution is -2.32. The number of rotatable bonds is 5. The molecular formula is C17H18N2O2S. The second-order valence-corrected chi connectivity index (χ2v) is 6.92. The maximum Gasteiger partial charge on any atom is 0.264 e. The van der Waals surface area contributed by atoms with E-state index in [2.05, 4.69) is 0 Å². The van der Waals surface area contributed by atoms with Crippen LogP contribution >= 0.6 is 11.3 Å². The predicted molar refractivity (Wildman–Crippen MR) is 86.9 cm³/mol. The molecule has 2 amide bonds. The number of nitrogens with two attached hydrogens (primary N) is 1. The minimum atomic E-state index is -0.435. The van der Waals surface area contributed by atoms with Crippen molar-refractivity contribution in [2.24, 2.45) is 5.73 Å². The molecule has 114 valence electrons. The van der Waals surface area contributed by atoms with Crippen molar-refractivity contribution < 1.29 is 9.59 Å². The van der Waals surface area contributed by atoms with Gasteiger partial charge in [0.2, 0.25) is 5.91 Å². The Balaban J connectivity index is 1.77. The molecule has 0 unspecified atom stereocenters. The molecule has 0 bridgehead atoms. The number of hydrogen-bond donors (Lipinski definition) is 1. The molecule has 2 N–H and O–H groups in total. The first-order chi connectivity index (χ1) is 10.5. The van der Waals surface area contributed by atoms with Gasteiger partial charge in [0.25, 0.3) is 5.91 Å². The van der Waals surface area contributed by atoms with Gasteiger partial charge in [0.1, 0.15) is 0 Å². The molecule has 5 heteroatoms. The van der Waals surface area contributed by atoms with Crippen LogP contribution in [0.25, 0.3) is 0 Å². The fourth-order valence-electron chi connectivity index (χ4n) is 2.42. The van der Waals surface area contributed by atoms with Gasteiger partial charge in [-0.2, -0.15) is 0 Å². The lowest BCUT2D eigenvalue weighted by atomic mass is 10.1. The summed E-state index contributed by atoms with van der Waals surface area (Å²) in [5.41, 5.74) is 6.75. The minimum Gasteiger partial charge on any atom is -0.366 e. The largest absolute Gasteiger partial charge is 0.366 e. The third-order valence-electron chi connectivity index (χ3n) is 3.79. The highest BCUT2D eigenvalue weighted by molar-refractivity contribution is 7.13. The molecule has 0 aliphatic heterocycles. The van der Waals surface area contributed by atoms with Gasteiger partial charge in [-0.05, 0) is 49.6 Å². The van der Waals surface area contributed by atoms with Crippen molar-refractivity contribution in [2.45, 2.75) is 32.4 Å². The average molecular weight is 314 g/mol. The Morgan fingerprint density at radius 2 is 1.86 bits per heavy atom. The highest BCUT2D eigenvalue weighted by atomic mass is 32.1. The van der Waals surface area contributed by atoms with E-state index in [-0.39, 0.29) is 5.91 Å². The van der Waals surface area contributed by atoms with Crippen LogP contribution in [-0.4, -0.2) is 22.8 Å². The van der Waals surface area contributed by atoms with E-state index in [1.54, 1.807) is 12.1 Å². The summed E-state index contributed by atoms with van der Waals surface area (Å²) in [6.07, 6.45) is 2.13. The third-order valence-corrected chi connectivity index (χ3v) is 4.78. The monoisotopic (exact) mass is 314 g/mol. The Morgan fingerprint density at radius 3 is 2.36 bits per heavy atom. The number of nitrogens with zero attached hydrogens (tertiary/aromatic N) is 1. The smallest absolute Gasteiger partial charge is 0.264 e. The third kappa shape index (κ3) is 3.20. The predicted octanol–water partition coefficient (Wildman–Crippen LogP) is 2.96. The van der Waals surface area contributed by atoms with Gasteiger partial charge < -0.3 is 10.6 Å². The van der Waals surface area contributed by atoms with Gasteiger partial charge >= 0.3 is 0 Å². The van der Waals surface area contributed by atoms with E-state index in [1.807, 2.05) is 36.1 Å². The maximum absolute atomic E-state index is 12.7. The molecular weight excluding hydrogens is 296 g/mol. The minimum absolute atomic E-state index is 0.0968. The summed E-state index contributed by atoms with van der Waals surface area (Å²) in [5.74, 6) is -0.338. The van der Waals surface area contributed by atoms with Gasteiger partial charge in [-0.15, -0.1) is 11.3 Å². The molecule has 0 spiro atoms. The number of hydrogen-bond acceptors (Lipinski definition) is 3. The summed E-state index contributed by atoms with van der Waals surface area (Å²) in [6, 6.07) is 11.4. The Bertz CT molecular complexity index is 702. The van der Waals surface area contributed by atoms with Crippen molar-refractivity contribution >= 4 is 23.2 Å². The fourth-order valence-corrected chi connectivity index (χ4v) is 3.24. The number of amides is 2. The first-order valence-corrected chi connectivity index (χ1v) is 8.12. The van der Waals surface area contributed by atoms with E-state index in [4.69, 9.17) is 5.73 Å². The van der Waals surface area contributed by atoms with Crippen molar-refractivity contribution in [3.05, 3.63) is 57.3 Å². The molecule has 1 saturated carbocycles. The van der Waals surface area contributed by atoms with E-state index in [0.29, 0.717) is 18.2 Å². The van der Waals surface area contributed by atoms with Gasteiger partial charge in [0.15, 0.2) is 0 Å². The number of carbonyl (C=O) groups excluding carboxylic acids is 2. The van der Waals surface area contributed by atoms with Crippen LogP contribution in [0.15, 0.2) is 36.4 Å². The SMILES string of the molecule is Cc1ccc(C(=O)N(Cc2ccc(C(N)=O)cc2)C2CC2)s1. The summed E-state index contributed by atoms with van der Waals surface area (Å²) in [6.45, 7) is 2.57. The van der Waals surface area contributed by atoms with Gasteiger partial charge in [-0.25, -0.2) is 0 Å². The fraction of sp³-hybridized carbons (Fsp3) is 0.294. The molecule has 1 aliphatic carbocycles. The molecule has 0 atom stereocenters. The zero-order valence-corrected chi connectivity index (χ0v) is 13.2. The molecule has 1 aliphatic rings. The lowest BCUT2D eigenvalue weighted by Gasteiger charge is -2.22. The van der Waals surface area contributed by atoms with Gasteiger partial charge in [-0.1, -0.05) is 12.1 Å². The molecule has 1 fully saturated rings. The van der Waals surface area contributed by atoms with Crippen LogP contribution in [0, 0.1) is 6.92 Å². The Hall–Kier alpha value is -2.14. The Kier molecular flexibility index (Phi) is 3.98. The zero-order valence-electron chi connectivity index (χ0n) is 12.4. The molecule has 1 aromatic carbocycles. The van der Waals surface area contributed by atoms with E-state index >= 15 is 0 Å². The molecule has 0 saturated heterocycles. The molecule has 1 heterocycles. The number of thiophene rings is 1. The summed E-state index contributed by atoms with van der Waals surface area (Å²) in [5, 5.41) is 0. The van der Waals surface area contributed by atoms with Crippen molar-refractivity contribution in [3.63, 3.8) is 0 Å². The number of carbonyl (C=O) groups is 2. The second kappa shape index (κ2) is 5.93. The molecule has 3 rings (SSSR count). The average Bonchev–Trinajstić information content (AvgIpc) is 3.25. The summed E-state index contributed by atoms with van der Waals surface area (Å²) in [7, 11) is 0. The first kappa shape index (κ1) is 14.8. The first-order valence-electron chi connectivity index (χ1n) is 7.31. The maximum atomic E-state index is 12.7. The van der Waals surface area contributed by atoms with Gasteiger partial charge in [0, 0.05) is 23.0 Å². The van der Waals surface area contributed by atoms with Gasteiger partial charge in [0.05, 0.1) is 4.88 Å². The van der Waals surface area contributed by atoms with Crippen LogP contribution in [0.4, 0.5) is 0 Å². The summed E-state index contributed by atoms with van der Waals surface area (Å²) in [4.78, 5) is 27.7.